The van der Waals surface area contributed by atoms with Gasteiger partial charge >= 0.3 is 0 Å². The summed E-state index contributed by atoms with van der Waals surface area (Å²) in [5.41, 5.74) is -0.0365. The van der Waals surface area contributed by atoms with Crippen molar-refractivity contribution in [1.82, 2.24) is 4.90 Å². The van der Waals surface area contributed by atoms with Gasteiger partial charge in [0, 0.05) is 18.8 Å². The number of nitrogens with zero attached hydrogens (tertiary/aromatic N) is 1. The minimum atomic E-state index is -0.572. The zero-order chi connectivity index (χ0) is 15.5. The SMILES string of the molecule is O=C(c1c(F)cccc1Cl)N1CCS[C@@H](c2ccco2)CC1. The highest BCUT2D eigenvalue weighted by molar-refractivity contribution is 7.99. The Balaban J connectivity index is 1.74. The Labute approximate surface area is 137 Å². The summed E-state index contributed by atoms with van der Waals surface area (Å²) >= 11 is 7.74. The van der Waals surface area contributed by atoms with Gasteiger partial charge in [0.05, 0.1) is 22.1 Å². The smallest absolute Gasteiger partial charge is 0.258 e. The van der Waals surface area contributed by atoms with E-state index in [0.29, 0.717) is 13.1 Å². The molecule has 0 radical (unpaired) electrons. The lowest BCUT2D eigenvalue weighted by atomic mass is 10.1. The third kappa shape index (κ3) is 3.15. The molecule has 1 fully saturated rings. The largest absolute Gasteiger partial charge is 0.468 e. The zero-order valence-corrected chi connectivity index (χ0v) is 13.4. The molecule has 3 nitrogen and oxygen atoms in total. The minimum Gasteiger partial charge on any atom is -0.468 e. The van der Waals surface area contributed by atoms with E-state index >= 15 is 0 Å². The maximum absolute atomic E-state index is 13.9. The van der Waals surface area contributed by atoms with Gasteiger partial charge in [-0.05, 0) is 30.7 Å². The molecule has 1 amide bonds. The Morgan fingerprint density at radius 3 is 2.91 bits per heavy atom. The molecule has 0 bridgehead atoms. The molecule has 0 aliphatic carbocycles. The van der Waals surface area contributed by atoms with Crippen LogP contribution in [0, 0.1) is 5.82 Å². The number of rotatable bonds is 2. The van der Waals surface area contributed by atoms with E-state index in [1.807, 2.05) is 12.1 Å². The maximum Gasteiger partial charge on any atom is 0.258 e. The fourth-order valence-electron chi connectivity index (χ4n) is 2.54. The topological polar surface area (TPSA) is 33.5 Å². The third-order valence-electron chi connectivity index (χ3n) is 3.67. The van der Waals surface area contributed by atoms with E-state index in [4.69, 9.17) is 16.0 Å². The first-order valence-corrected chi connectivity index (χ1v) is 8.48. The van der Waals surface area contributed by atoms with Gasteiger partial charge in [-0.1, -0.05) is 17.7 Å². The number of carbonyl (C=O) groups excluding carboxylic acids is 1. The van der Waals surface area contributed by atoms with E-state index in [9.17, 15) is 9.18 Å². The van der Waals surface area contributed by atoms with Gasteiger partial charge in [0.1, 0.15) is 11.6 Å². The summed E-state index contributed by atoms with van der Waals surface area (Å²) in [6.07, 6.45) is 2.43. The van der Waals surface area contributed by atoms with Crippen LogP contribution in [0.15, 0.2) is 41.0 Å². The van der Waals surface area contributed by atoms with E-state index in [1.165, 1.54) is 18.2 Å². The second-order valence-electron chi connectivity index (χ2n) is 5.05. The Bertz CT molecular complexity index is 642. The van der Waals surface area contributed by atoms with Crippen LogP contribution in [0.1, 0.15) is 27.8 Å². The van der Waals surface area contributed by atoms with E-state index < -0.39 is 5.82 Å². The van der Waals surface area contributed by atoms with Crippen molar-refractivity contribution in [1.29, 1.82) is 0 Å². The summed E-state index contributed by atoms with van der Waals surface area (Å²) in [5, 5.41) is 0.383. The van der Waals surface area contributed by atoms with E-state index in [0.717, 1.165) is 17.9 Å². The molecule has 0 unspecified atom stereocenters. The van der Waals surface area contributed by atoms with Crippen LogP contribution in [0.4, 0.5) is 4.39 Å². The van der Waals surface area contributed by atoms with Gasteiger partial charge in [-0.2, -0.15) is 0 Å². The number of hydrogen-bond donors (Lipinski definition) is 0. The lowest BCUT2D eigenvalue weighted by Gasteiger charge is -2.21. The number of amides is 1. The zero-order valence-electron chi connectivity index (χ0n) is 11.8. The van der Waals surface area contributed by atoms with Gasteiger partial charge in [-0.25, -0.2) is 4.39 Å². The molecular formula is C16H15ClFNO2S. The third-order valence-corrected chi connectivity index (χ3v) is 5.27. The van der Waals surface area contributed by atoms with Gasteiger partial charge in [0.25, 0.3) is 5.91 Å². The molecule has 2 aromatic rings. The highest BCUT2D eigenvalue weighted by Gasteiger charge is 2.26. The predicted octanol–water partition coefficient (Wildman–Crippen LogP) is 4.39. The summed E-state index contributed by atoms with van der Waals surface area (Å²) in [4.78, 5) is 14.2. The Morgan fingerprint density at radius 2 is 2.18 bits per heavy atom. The van der Waals surface area contributed by atoms with Crippen molar-refractivity contribution >= 4 is 29.3 Å². The average Bonchev–Trinajstić information content (AvgIpc) is 2.91. The molecule has 1 atom stereocenters. The van der Waals surface area contributed by atoms with Crippen LogP contribution in [0.3, 0.4) is 0 Å². The van der Waals surface area contributed by atoms with Crippen LogP contribution in [0.2, 0.25) is 5.02 Å². The standard InChI is InChI=1S/C16H15ClFNO2S/c17-11-3-1-4-12(18)15(11)16(20)19-7-6-14(22-10-8-19)13-5-2-9-21-13/h1-5,9,14H,6-8,10H2/t14-/m1/s1. The molecular weight excluding hydrogens is 325 g/mol. The fourth-order valence-corrected chi connectivity index (χ4v) is 3.96. The van der Waals surface area contributed by atoms with Gasteiger partial charge < -0.3 is 9.32 Å². The van der Waals surface area contributed by atoms with Crippen molar-refractivity contribution in [2.75, 3.05) is 18.8 Å². The second-order valence-corrected chi connectivity index (χ2v) is 6.77. The fraction of sp³-hybridized carbons (Fsp3) is 0.312. The van der Waals surface area contributed by atoms with Crippen LogP contribution < -0.4 is 0 Å². The molecule has 22 heavy (non-hydrogen) atoms. The molecule has 116 valence electrons. The minimum absolute atomic E-state index is 0.0365. The van der Waals surface area contributed by atoms with Crippen molar-refractivity contribution in [2.24, 2.45) is 0 Å². The van der Waals surface area contributed by atoms with Gasteiger partial charge in [0.2, 0.25) is 0 Å². The molecule has 1 saturated heterocycles. The first-order chi connectivity index (χ1) is 10.7. The maximum atomic E-state index is 13.9. The molecule has 1 aliphatic rings. The number of hydrogen-bond acceptors (Lipinski definition) is 3. The summed E-state index contributed by atoms with van der Waals surface area (Å²) in [7, 11) is 0. The van der Waals surface area contributed by atoms with Crippen LogP contribution in [0.25, 0.3) is 0 Å². The molecule has 2 heterocycles. The lowest BCUT2D eigenvalue weighted by Crippen LogP contribution is -2.33. The van der Waals surface area contributed by atoms with Crippen molar-refractivity contribution in [3.63, 3.8) is 0 Å². The number of carbonyl (C=O) groups is 1. The van der Waals surface area contributed by atoms with E-state index in [2.05, 4.69) is 0 Å². The Hall–Kier alpha value is -1.46. The Morgan fingerprint density at radius 1 is 1.32 bits per heavy atom. The quantitative estimate of drug-likeness (QED) is 0.813. The number of halogens is 2. The van der Waals surface area contributed by atoms with Crippen LogP contribution in [-0.4, -0.2) is 29.6 Å². The van der Waals surface area contributed by atoms with Crippen molar-refractivity contribution in [2.45, 2.75) is 11.7 Å². The van der Waals surface area contributed by atoms with Gasteiger partial charge in [-0.3, -0.25) is 4.79 Å². The summed E-state index contributed by atoms with van der Waals surface area (Å²) in [6.45, 7) is 1.13. The van der Waals surface area contributed by atoms with Crippen LogP contribution >= 0.6 is 23.4 Å². The van der Waals surface area contributed by atoms with Crippen LogP contribution in [0.5, 0.6) is 0 Å². The molecule has 1 aromatic heterocycles. The first-order valence-electron chi connectivity index (χ1n) is 7.05. The van der Waals surface area contributed by atoms with E-state index in [1.54, 1.807) is 22.9 Å². The molecule has 6 heteroatoms. The highest BCUT2D eigenvalue weighted by atomic mass is 35.5. The van der Waals surface area contributed by atoms with Gasteiger partial charge in [-0.15, -0.1) is 11.8 Å². The van der Waals surface area contributed by atoms with Crippen molar-refractivity contribution in [3.05, 3.63) is 58.8 Å². The lowest BCUT2D eigenvalue weighted by molar-refractivity contribution is 0.0761. The summed E-state index contributed by atoms with van der Waals surface area (Å²) < 4.78 is 19.3. The van der Waals surface area contributed by atoms with Crippen LogP contribution in [-0.2, 0) is 0 Å². The van der Waals surface area contributed by atoms with Gasteiger partial charge in [0.15, 0.2) is 0 Å². The monoisotopic (exact) mass is 339 g/mol. The molecule has 1 aromatic carbocycles. The molecule has 1 aliphatic heterocycles. The van der Waals surface area contributed by atoms with E-state index in [-0.39, 0.29) is 21.7 Å². The summed E-state index contributed by atoms with van der Waals surface area (Å²) in [5.74, 6) is 0.785. The molecule has 3 rings (SSSR count). The number of thioether (sulfide) groups is 1. The number of furan rings is 1. The molecule has 0 spiro atoms. The summed E-state index contributed by atoms with van der Waals surface area (Å²) in [6, 6.07) is 8.11. The predicted molar refractivity (Wildman–Crippen MR) is 85.8 cm³/mol. The molecule has 0 saturated carbocycles. The highest BCUT2D eigenvalue weighted by Crippen LogP contribution is 2.35. The second kappa shape index (κ2) is 6.75. The Kier molecular flexibility index (Phi) is 4.74. The molecule has 0 N–H and O–H groups in total. The normalized spacial score (nSPS) is 19.0. The average molecular weight is 340 g/mol. The van der Waals surface area contributed by atoms with Crippen molar-refractivity contribution < 1.29 is 13.6 Å². The van der Waals surface area contributed by atoms with Crippen molar-refractivity contribution in [3.8, 4) is 0 Å². The first kappa shape index (κ1) is 15.4. The number of benzene rings is 1.